The van der Waals surface area contributed by atoms with Gasteiger partial charge in [-0.2, -0.15) is 5.10 Å². The lowest BCUT2D eigenvalue weighted by Crippen LogP contribution is -2.54. The molecule has 1 aromatic carbocycles. The van der Waals surface area contributed by atoms with Crippen LogP contribution in [0.5, 0.6) is 0 Å². The summed E-state index contributed by atoms with van der Waals surface area (Å²) in [6.45, 7) is 11.0. The number of carbonyl (C=O) groups excluding carboxylic acids is 1. The molecule has 37 heavy (non-hydrogen) atoms. The van der Waals surface area contributed by atoms with E-state index in [1.54, 1.807) is 0 Å². The molecule has 2 aliphatic heterocycles. The molecule has 0 bridgehead atoms. The predicted octanol–water partition coefficient (Wildman–Crippen LogP) is 2.38. The number of aliphatic hydroxyl groups excluding tert-OH is 1. The van der Waals surface area contributed by atoms with E-state index in [0.29, 0.717) is 26.1 Å². The number of hydrogen-bond acceptors (Lipinski definition) is 6. The van der Waals surface area contributed by atoms with Crippen molar-refractivity contribution in [2.75, 3.05) is 39.3 Å². The second-order valence-corrected chi connectivity index (χ2v) is 10.3. The molecule has 0 radical (unpaired) electrons. The van der Waals surface area contributed by atoms with Gasteiger partial charge in [-0.15, -0.1) is 0 Å². The van der Waals surface area contributed by atoms with E-state index in [1.807, 2.05) is 16.3 Å². The first kappa shape index (κ1) is 25.6. The highest BCUT2D eigenvalue weighted by molar-refractivity contribution is 5.83. The van der Waals surface area contributed by atoms with E-state index in [9.17, 15) is 9.90 Å². The van der Waals surface area contributed by atoms with Crippen molar-refractivity contribution in [1.82, 2.24) is 29.7 Å². The summed E-state index contributed by atoms with van der Waals surface area (Å²) < 4.78 is 1.98. The standard InChI is InChI=1S/C29H38N6O2/c1-4-25-24(28-31-20(2)18-21(3)35(28)32-25)19-23-9-7-22(8-10-23)6-5-13-33-14-16-34(17-15-33)29(37)27-26(36)11-12-30-27/h5-10,18,26-27,30,36H,4,11-17,19H2,1-3H3/b6-5+. The van der Waals surface area contributed by atoms with Crippen LogP contribution in [-0.2, 0) is 17.6 Å². The van der Waals surface area contributed by atoms with Gasteiger partial charge in [-0.3, -0.25) is 9.69 Å². The van der Waals surface area contributed by atoms with Crippen LogP contribution in [-0.4, -0.2) is 86.8 Å². The number of carbonyl (C=O) groups is 1. The summed E-state index contributed by atoms with van der Waals surface area (Å²) in [5.41, 5.74) is 7.87. The van der Waals surface area contributed by atoms with Crippen molar-refractivity contribution in [3.05, 3.63) is 70.2 Å². The highest BCUT2D eigenvalue weighted by Crippen LogP contribution is 2.21. The number of nitrogens with one attached hydrogen (secondary N) is 1. The third-order valence-corrected chi connectivity index (χ3v) is 7.58. The Kier molecular flexibility index (Phi) is 7.69. The fraction of sp³-hybridized carbons (Fsp3) is 0.483. The Bertz CT molecular complexity index is 1270. The third-order valence-electron chi connectivity index (χ3n) is 7.58. The Morgan fingerprint density at radius 1 is 1.16 bits per heavy atom. The van der Waals surface area contributed by atoms with Gasteiger partial charge in [0.2, 0.25) is 5.91 Å². The van der Waals surface area contributed by atoms with Gasteiger partial charge in [-0.05, 0) is 50.4 Å². The zero-order valence-corrected chi connectivity index (χ0v) is 22.2. The lowest BCUT2D eigenvalue weighted by molar-refractivity contribution is -0.136. The van der Waals surface area contributed by atoms with Crippen LogP contribution in [0.2, 0.25) is 0 Å². The Balaban J connectivity index is 1.15. The average Bonchev–Trinajstić information content (AvgIpc) is 3.48. The van der Waals surface area contributed by atoms with E-state index in [0.717, 1.165) is 55.2 Å². The van der Waals surface area contributed by atoms with E-state index in [1.165, 1.54) is 16.7 Å². The number of fused-ring (bicyclic) bond motifs is 1. The number of benzene rings is 1. The summed E-state index contributed by atoms with van der Waals surface area (Å²) in [7, 11) is 0. The van der Waals surface area contributed by atoms with E-state index < -0.39 is 12.1 Å². The first-order valence-electron chi connectivity index (χ1n) is 13.5. The molecule has 8 heteroatoms. The van der Waals surface area contributed by atoms with Gasteiger partial charge in [0.05, 0.1) is 11.8 Å². The van der Waals surface area contributed by atoms with Gasteiger partial charge in [0.25, 0.3) is 0 Å². The summed E-state index contributed by atoms with van der Waals surface area (Å²) >= 11 is 0. The van der Waals surface area contributed by atoms with Crippen molar-refractivity contribution in [1.29, 1.82) is 0 Å². The first-order valence-corrected chi connectivity index (χ1v) is 13.5. The van der Waals surface area contributed by atoms with E-state index in [4.69, 9.17) is 10.1 Å². The molecular weight excluding hydrogens is 464 g/mol. The van der Waals surface area contributed by atoms with Gasteiger partial charge in [0, 0.05) is 56.1 Å². The number of rotatable bonds is 7. The molecule has 8 nitrogen and oxygen atoms in total. The van der Waals surface area contributed by atoms with Crippen LogP contribution in [0.25, 0.3) is 11.7 Å². The predicted molar refractivity (Wildman–Crippen MR) is 146 cm³/mol. The van der Waals surface area contributed by atoms with Crippen molar-refractivity contribution in [3.63, 3.8) is 0 Å². The van der Waals surface area contributed by atoms with Crippen LogP contribution in [0.4, 0.5) is 0 Å². The molecule has 2 aromatic heterocycles. The van der Waals surface area contributed by atoms with Crippen LogP contribution >= 0.6 is 0 Å². The van der Waals surface area contributed by atoms with Crippen LogP contribution in [0.3, 0.4) is 0 Å². The molecule has 196 valence electrons. The third kappa shape index (κ3) is 5.61. The molecule has 0 saturated carbocycles. The SMILES string of the molecule is CCc1nn2c(C)cc(C)nc2c1Cc1ccc(/C=C/CN2CCN(C(=O)C3NCCC3O)CC2)cc1. The Hall–Kier alpha value is -3.07. The second-order valence-electron chi connectivity index (χ2n) is 10.3. The minimum atomic E-state index is -0.557. The molecule has 2 atom stereocenters. The van der Waals surface area contributed by atoms with Gasteiger partial charge >= 0.3 is 0 Å². The number of aliphatic hydroxyl groups is 1. The van der Waals surface area contributed by atoms with Crippen LogP contribution in [0.1, 0.15) is 47.1 Å². The van der Waals surface area contributed by atoms with Crippen LogP contribution in [0, 0.1) is 13.8 Å². The number of aromatic nitrogens is 3. The molecule has 0 spiro atoms. The summed E-state index contributed by atoms with van der Waals surface area (Å²) in [6, 6.07) is 10.4. The van der Waals surface area contributed by atoms with Gasteiger partial charge < -0.3 is 15.3 Å². The van der Waals surface area contributed by atoms with Crippen molar-refractivity contribution in [2.45, 2.75) is 52.2 Å². The Morgan fingerprint density at radius 3 is 2.59 bits per heavy atom. The van der Waals surface area contributed by atoms with Gasteiger partial charge in [-0.25, -0.2) is 9.50 Å². The topological polar surface area (TPSA) is 86.0 Å². The van der Waals surface area contributed by atoms with Crippen LogP contribution in [0.15, 0.2) is 36.4 Å². The van der Waals surface area contributed by atoms with Crippen molar-refractivity contribution in [2.24, 2.45) is 0 Å². The molecule has 4 heterocycles. The highest BCUT2D eigenvalue weighted by atomic mass is 16.3. The van der Waals surface area contributed by atoms with Gasteiger partial charge in [0.15, 0.2) is 5.65 Å². The van der Waals surface area contributed by atoms with Crippen molar-refractivity contribution in [3.8, 4) is 0 Å². The fourth-order valence-electron chi connectivity index (χ4n) is 5.45. The molecule has 2 fully saturated rings. The number of amides is 1. The maximum Gasteiger partial charge on any atom is 0.242 e. The van der Waals surface area contributed by atoms with Gasteiger partial charge in [-0.1, -0.05) is 43.3 Å². The number of aryl methyl sites for hydroxylation is 3. The van der Waals surface area contributed by atoms with E-state index >= 15 is 0 Å². The van der Waals surface area contributed by atoms with E-state index in [2.05, 4.69) is 66.5 Å². The smallest absolute Gasteiger partial charge is 0.242 e. The maximum absolute atomic E-state index is 12.6. The monoisotopic (exact) mass is 502 g/mol. The number of piperazine rings is 1. The fourth-order valence-corrected chi connectivity index (χ4v) is 5.45. The quantitative estimate of drug-likeness (QED) is 0.516. The molecule has 2 N–H and O–H groups in total. The minimum absolute atomic E-state index is 0.0384. The lowest BCUT2D eigenvalue weighted by Gasteiger charge is -2.35. The number of nitrogens with zero attached hydrogens (tertiary/aromatic N) is 5. The van der Waals surface area contributed by atoms with E-state index in [-0.39, 0.29) is 5.91 Å². The molecule has 0 aliphatic carbocycles. The zero-order chi connectivity index (χ0) is 25.9. The zero-order valence-electron chi connectivity index (χ0n) is 22.2. The molecule has 1 amide bonds. The maximum atomic E-state index is 12.6. The average molecular weight is 503 g/mol. The van der Waals surface area contributed by atoms with Crippen LogP contribution < -0.4 is 5.32 Å². The Labute approximate surface area is 219 Å². The summed E-state index contributed by atoms with van der Waals surface area (Å²) in [5, 5.41) is 17.9. The van der Waals surface area contributed by atoms with Gasteiger partial charge in [0.1, 0.15) is 6.04 Å². The first-order chi connectivity index (χ1) is 17.9. The minimum Gasteiger partial charge on any atom is -0.391 e. The van der Waals surface area contributed by atoms with Crippen molar-refractivity contribution < 1.29 is 9.90 Å². The summed E-state index contributed by atoms with van der Waals surface area (Å²) in [5.74, 6) is 0.0384. The molecule has 2 aliphatic rings. The second kappa shape index (κ2) is 11.1. The molecule has 3 aromatic rings. The highest BCUT2D eigenvalue weighted by Gasteiger charge is 2.35. The molecule has 2 saturated heterocycles. The molecule has 2 unspecified atom stereocenters. The molecular formula is C29H38N6O2. The van der Waals surface area contributed by atoms with Crippen molar-refractivity contribution >= 4 is 17.6 Å². The summed E-state index contributed by atoms with van der Waals surface area (Å²) in [6.07, 6.45) is 6.17. The molecule has 5 rings (SSSR count). The largest absolute Gasteiger partial charge is 0.391 e. The lowest BCUT2D eigenvalue weighted by atomic mass is 10.0. The normalized spacial score (nSPS) is 20.9. The summed E-state index contributed by atoms with van der Waals surface area (Å²) in [4.78, 5) is 21.7. The number of hydrogen-bond donors (Lipinski definition) is 2. The Morgan fingerprint density at radius 2 is 1.92 bits per heavy atom.